The molecular weight excluding hydrogens is 431 g/mol. The predicted molar refractivity (Wildman–Crippen MR) is 92.4 cm³/mol. The highest BCUT2D eigenvalue weighted by Gasteiger charge is 2.15. The van der Waals surface area contributed by atoms with Gasteiger partial charge in [-0.15, -0.1) is 0 Å². The lowest BCUT2D eigenvalue weighted by Gasteiger charge is -2.15. The van der Waals surface area contributed by atoms with Gasteiger partial charge >= 0.3 is 0 Å². The highest BCUT2D eigenvalue weighted by Crippen LogP contribution is 2.26. The largest absolute Gasteiger partial charge is 0.324 e. The van der Waals surface area contributed by atoms with E-state index in [9.17, 15) is 0 Å². The summed E-state index contributed by atoms with van der Waals surface area (Å²) in [6, 6.07) is 6.12. The number of hydrogen-bond donors (Lipinski definition) is 1. The molecule has 20 heavy (non-hydrogen) atoms. The fourth-order valence-electron chi connectivity index (χ4n) is 2.05. The Kier molecular flexibility index (Phi) is 5.57. The van der Waals surface area contributed by atoms with Crippen molar-refractivity contribution in [3.63, 3.8) is 0 Å². The second-order valence-corrected chi connectivity index (χ2v) is 7.33. The van der Waals surface area contributed by atoms with Crippen LogP contribution in [-0.2, 0) is 13.0 Å². The van der Waals surface area contributed by atoms with Gasteiger partial charge in [-0.3, -0.25) is 0 Å². The molecular formula is C14H18BrIN4. The lowest BCUT2D eigenvalue weighted by Crippen LogP contribution is -2.19. The van der Waals surface area contributed by atoms with Crippen molar-refractivity contribution in [2.45, 2.75) is 32.9 Å². The number of aromatic nitrogens is 3. The van der Waals surface area contributed by atoms with Crippen LogP contribution < -0.4 is 5.73 Å². The van der Waals surface area contributed by atoms with Crippen LogP contribution in [0.1, 0.15) is 31.3 Å². The van der Waals surface area contributed by atoms with Gasteiger partial charge in [-0.1, -0.05) is 29.8 Å². The van der Waals surface area contributed by atoms with Crippen LogP contribution >= 0.6 is 38.5 Å². The Morgan fingerprint density at radius 2 is 2.15 bits per heavy atom. The van der Waals surface area contributed by atoms with Gasteiger partial charge in [0.2, 0.25) is 0 Å². The lowest BCUT2D eigenvalue weighted by atomic mass is 10.0. The number of nitrogens with two attached hydrogens (primary N) is 1. The molecule has 4 nitrogen and oxygen atoms in total. The molecule has 6 heteroatoms. The molecule has 0 saturated carbocycles. The number of nitrogens with zero attached hydrogens (tertiary/aromatic N) is 3. The van der Waals surface area contributed by atoms with Gasteiger partial charge in [-0.05, 0) is 52.3 Å². The summed E-state index contributed by atoms with van der Waals surface area (Å²) in [6.07, 6.45) is 2.29. The molecule has 0 aliphatic rings. The minimum Gasteiger partial charge on any atom is -0.324 e. The van der Waals surface area contributed by atoms with Gasteiger partial charge in [-0.25, -0.2) is 9.67 Å². The van der Waals surface area contributed by atoms with Crippen molar-refractivity contribution in [3.8, 4) is 0 Å². The first-order valence-corrected chi connectivity index (χ1v) is 8.41. The van der Waals surface area contributed by atoms with Crippen molar-refractivity contribution < 1.29 is 0 Å². The average molecular weight is 449 g/mol. The standard InChI is InChI=1S/C14H18BrIN4/c1-9(2)7-20-14(18-8-19-20)6-13(17)11-5-10(16)3-4-12(11)15/h3-5,8-9,13H,6-7,17H2,1-2H3. The van der Waals surface area contributed by atoms with Crippen molar-refractivity contribution in [3.05, 3.63) is 44.0 Å². The summed E-state index contributed by atoms with van der Waals surface area (Å²) >= 11 is 5.87. The fraction of sp³-hybridized carbons (Fsp3) is 0.429. The molecule has 1 aromatic carbocycles. The van der Waals surface area contributed by atoms with E-state index in [1.807, 2.05) is 10.7 Å². The minimum absolute atomic E-state index is 0.0887. The molecule has 2 rings (SSSR count). The van der Waals surface area contributed by atoms with Gasteiger partial charge < -0.3 is 5.73 Å². The van der Waals surface area contributed by atoms with Crippen molar-refractivity contribution in [2.24, 2.45) is 11.7 Å². The molecule has 2 aromatic rings. The van der Waals surface area contributed by atoms with E-state index in [1.54, 1.807) is 6.33 Å². The molecule has 0 bridgehead atoms. The zero-order valence-corrected chi connectivity index (χ0v) is 15.3. The Balaban J connectivity index is 2.17. The van der Waals surface area contributed by atoms with E-state index in [1.165, 1.54) is 3.57 Å². The second-order valence-electron chi connectivity index (χ2n) is 5.23. The van der Waals surface area contributed by atoms with E-state index in [2.05, 4.69) is 74.6 Å². The number of hydrogen-bond acceptors (Lipinski definition) is 3. The number of benzene rings is 1. The van der Waals surface area contributed by atoms with E-state index in [0.717, 1.165) is 22.4 Å². The monoisotopic (exact) mass is 448 g/mol. The smallest absolute Gasteiger partial charge is 0.138 e. The van der Waals surface area contributed by atoms with Gasteiger partial charge in [-0.2, -0.15) is 5.10 Å². The van der Waals surface area contributed by atoms with Gasteiger partial charge in [0.05, 0.1) is 0 Å². The number of halogens is 2. The van der Waals surface area contributed by atoms with E-state index in [-0.39, 0.29) is 6.04 Å². The van der Waals surface area contributed by atoms with E-state index in [0.29, 0.717) is 12.3 Å². The Bertz CT molecular complexity index is 582. The molecule has 2 N–H and O–H groups in total. The Labute approximate surface area is 141 Å². The third-order valence-corrected chi connectivity index (χ3v) is 4.39. The maximum atomic E-state index is 6.34. The first-order chi connectivity index (χ1) is 9.47. The summed E-state index contributed by atoms with van der Waals surface area (Å²) in [7, 11) is 0. The first-order valence-electron chi connectivity index (χ1n) is 6.54. The molecule has 1 unspecified atom stereocenters. The summed E-state index contributed by atoms with van der Waals surface area (Å²) in [5.74, 6) is 1.48. The van der Waals surface area contributed by atoms with E-state index >= 15 is 0 Å². The quantitative estimate of drug-likeness (QED) is 0.711. The molecule has 1 heterocycles. The maximum Gasteiger partial charge on any atom is 0.138 e. The van der Waals surface area contributed by atoms with Crippen LogP contribution in [0, 0.1) is 9.49 Å². The van der Waals surface area contributed by atoms with E-state index in [4.69, 9.17) is 5.73 Å². The normalized spacial score (nSPS) is 12.9. The molecule has 0 fully saturated rings. The van der Waals surface area contributed by atoms with Crippen LogP contribution in [0.15, 0.2) is 29.0 Å². The van der Waals surface area contributed by atoms with Gasteiger partial charge in [0.15, 0.2) is 0 Å². The summed E-state index contributed by atoms with van der Waals surface area (Å²) in [5.41, 5.74) is 7.45. The SMILES string of the molecule is CC(C)Cn1ncnc1CC(N)c1cc(I)ccc1Br. The summed E-state index contributed by atoms with van der Waals surface area (Å²) in [6.45, 7) is 5.21. The van der Waals surface area contributed by atoms with Crippen LogP contribution in [0.25, 0.3) is 0 Å². The van der Waals surface area contributed by atoms with Crippen LogP contribution in [0.5, 0.6) is 0 Å². The summed E-state index contributed by atoms with van der Waals surface area (Å²) in [5, 5.41) is 4.28. The van der Waals surface area contributed by atoms with Crippen molar-refractivity contribution in [1.82, 2.24) is 14.8 Å². The van der Waals surface area contributed by atoms with Crippen LogP contribution in [0.2, 0.25) is 0 Å². The molecule has 108 valence electrons. The topological polar surface area (TPSA) is 56.7 Å². The molecule has 0 amide bonds. The zero-order chi connectivity index (χ0) is 14.7. The summed E-state index contributed by atoms with van der Waals surface area (Å²) in [4.78, 5) is 4.34. The zero-order valence-electron chi connectivity index (χ0n) is 11.6. The van der Waals surface area contributed by atoms with Crippen molar-refractivity contribution >= 4 is 38.5 Å². The Hall–Kier alpha value is -0.470. The third kappa shape index (κ3) is 4.02. The van der Waals surface area contributed by atoms with Crippen molar-refractivity contribution in [1.29, 1.82) is 0 Å². The minimum atomic E-state index is -0.0887. The van der Waals surface area contributed by atoms with E-state index < -0.39 is 0 Å². The van der Waals surface area contributed by atoms with Gasteiger partial charge in [0, 0.05) is 27.1 Å². The van der Waals surface area contributed by atoms with Crippen LogP contribution in [-0.4, -0.2) is 14.8 Å². The highest BCUT2D eigenvalue weighted by atomic mass is 127. The molecule has 0 radical (unpaired) electrons. The van der Waals surface area contributed by atoms with Crippen LogP contribution in [0.3, 0.4) is 0 Å². The highest BCUT2D eigenvalue weighted by molar-refractivity contribution is 14.1. The molecule has 1 atom stereocenters. The lowest BCUT2D eigenvalue weighted by molar-refractivity contribution is 0.459. The maximum absolute atomic E-state index is 6.34. The molecule has 1 aromatic heterocycles. The average Bonchev–Trinajstić information content (AvgIpc) is 2.78. The summed E-state index contributed by atoms with van der Waals surface area (Å²) < 4.78 is 4.17. The predicted octanol–water partition coefficient (Wildman–Crippen LogP) is 3.54. The Morgan fingerprint density at radius 1 is 1.40 bits per heavy atom. The van der Waals surface area contributed by atoms with Gasteiger partial charge in [0.25, 0.3) is 0 Å². The Morgan fingerprint density at radius 3 is 2.85 bits per heavy atom. The fourth-order valence-corrected chi connectivity index (χ4v) is 3.11. The first kappa shape index (κ1) is 15.9. The van der Waals surface area contributed by atoms with Crippen molar-refractivity contribution in [2.75, 3.05) is 0 Å². The van der Waals surface area contributed by atoms with Gasteiger partial charge in [0.1, 0.15) is 12.2 Å². The second kappa shape index (κ2) is 7.00. The number of rotatable bonds is 5. The molecule has 0 aliphatic carbocycles. The third-order valence-electron chi connectivity index (χ3n) is 2.99. The molecule has 0 spiro atoms. The van der Waals surface area contributed by atoms with Crippen LogP contribution in [0.4, 0.5) is 0 Å². The molecule has 0 saturated heterocycles. The molecule has 0 aliphatic heterocycles.